The summed E-state index contributed by atoms with van der Waals surface area (Å²) in [5.74, 6) is -0.545. The quantitative estimate of drug-likeness (QED) is 0.308. The first-order chi connectivity index (χ1) is 16.0. The van der Waals surface area contributed by atoms with Gasteiger partial charge in [-0.05, 0) is 53.6 Å². The fraction of sp³-hybridized carbons (Fsp3) is 0.222. The van der Waals surface area contributed by atoms with Gasteiger partial charge in [0.25, 0.3) is 0 Å². The summed E-state index contributed by atoms with van der Waals surface area (Å²) in [6.45, 7) is 0. The molecule has 6 heteroatoms. The molecule has 0 aliphatic heterocycles. The number of pyridine rings is 1. The van der Waals surface area contributed by atoms with Crippen molar-refractivity contribution in [3.8, 4) is 0 Å². The molecular formula is C27H23FN2O2S. The van der Waals surface area contributed by atoms with Crippen LogP contribution in [0.15, 0.2) is 72.2 Å². The molecule has 33 heavy (non-hydrogen) atoms. The summed E-state index contributed by atoms with van der Waals surface area (Å²) >= 11 is 1.56. The van der Waals surface area contributed by atoms with Gasteiger partial charge in [0.2, 0.25) is 0 Å². The van der Waals surface area contributed by atoms with E-state index in [0.717, 1.165) is 21.5 Å². The van der Waals surface area contributed by atoms with Crippen LogP contribution in [-0.4, -0.2) is 23.6 Å². The van der Waals surface area contributed by atoms with Crippen LogP contribution in [0.2, 0.25) is 0 Å². The molecule has 4 aromatic rings. The number of rotatable bonds is 8. The maximum Gasteiger partial charge on any atom is 0.150 e. The van der Waals surface area contributed by atoms with Gasteiger partial charge in [0.1, 0.15) is 5.82 Å². The Morgan fingerprint density at radius 1 is 0.970 bits per heavy atom. The maximum atomic E-state index is 15.1. The molecule has 0 bridgehead atoms. The Balaban J connectivity index is 1.32. The minimum Gasteiger partial charge on any atom is -0.341 e. The van der Waals surface area contributed by atoms with Crippen molar-refractivity contribution >= 4 is 44.5 Å². The number of ketones is 2. The highest BCUT2D eigenvalue weighted by atomic mass is 32.1. The molecular weight excluding hydrogens is 435 g/mol. The molecule has 0 amide bonds. The van der Waals surface area contributed by atoms with Crippen LogP contribution in [-0.2, 0) is 22.4 Å². The van der Waals surface area contributed by atoms with E-state index in [9.17, 15) is 9.59 Å². The van der Waals surface area contributed by atoms with E-state index in [0.29, 0.717) is 24.1 Å². The van der Waals surface area contributed by atoms with Crippen molar-refractivity contribution in [3.63, 3.8) is 0 Å². The number of hydrogen-bond donors (Lipinski definition) is 0. The highest BCUT2D eigenvalue weighted by molar-refractivity contribution is 7.17. The Morgan fingerprint density at radius 3 is 2.39 bits per heavy atom. The van der Waals surface area contributed by atoms with Crippen LogP contribution in [0.5, 0.6) is 0 Å². The first-order valence-corrected chi connectivity index (χ1v) is 11.8. The van der Waals surface area contributed by atoms with E-state index in [1.165, 1.54) is 6.07 Å². The van der Waals surface area contributed by atoms with E-state index in [-0.39, 0.29) is 24.4 Å². The number of thiophene rings is 1. The largest absolute Gasteiger partial charge is 0.341 e. The minimum atomic E-state index is -0.899. The maximum absolute atomic E-state index is 15.1. The fourth-order valence-corrected chi connectivity index (χ4v) is 5.23. The Bertz CT molecular complexity index is 1340. The molecule has 0 unspecified atom stereocenters. The lowest BCUT2D eigenvalue weighted by Crippen LogP contribution is -2.29. The third kappa shape index (κ3) is 4.07. The van der Waals surface area contributed by atoms with Crippen molar-refractivity contribution in [1.82, 2.24) is 4.98 Å². The Hall–Kier alpha value is -3.38. The number of nitrogens with zero attached hydrogens (tertiary/aromatic N) is 2. The molecule has 0 saturated heterocycles. The van der Waals surface area contributed by atoms with Gasteiger partial charge >= 0.3 is 0 Å². The number of halogens is 1. The highest BCUT2D eigenvalue weighted by Crippen LogP contribution is 2.49. The second-order valence-electron chi connectivity index (χ2n) is 8.58. The van der Waals surface area contributed by atoms with Crippen LogP contribution in [0.1, 0.15) is 24.0 Å². The van der Waals surface area contributed by atoms with Gasteiger partial charge in [-0.15, -0.1) is 11.3 Å². The summed E-state index contributed by atoms with van der Waals surface area (Å²) in [6.07, 6.45) is 3.20. The molecule has 2 aromatic heterocycles. The number of fused-ring (bicyclic) bond motifs is 1. The number of Topliss-reactive ketones (excluding diaryl/α,β-unsaturated/α-hetero) is 2. The molecule has 1 aliphatic rings. The first-order valence-electron chi connectivity index (χ1n) is 10.9. The van der Waals surface area contributed by atoms with Crippen LogP contribution >= 0.6 is 11.3 Å². The van der Waals surface area contributed by atoms with Gasteiger partial charge in [-0.2, -0.15) is 0 Å². The zero-order valence-corrected chi connectivity index (χ0v) is 19.1. The number of anilines is 2. The first kappa shape index (κ1) is 21.5. The number of benzene rings is 2. The second kappa shape index (κ2) is 8.52. The summed E-state index contributed by atoms with van der Waals surface area (Å²) in [7, 11) is 1.82. The van der Waals surface area contributed by atoms with E-state index < -0.39 is 11.2 Å². The summed E-state index contributed by atoms with van der Waals surface area (Å²) in [5, 5.41) is 1.97. The van der Waals surface area contributed by atoms with Crippen LogP contribution < -0.4 is 4.90 Å². The molecule has 1 aliphatic carbocycles. The van der Waals surface area contributed by atoms with Crippen molar-refractivity contribution in [2.45, 2.75) is 25.7 Å². The zero-order chi connectivity index (χ0) is 23.0. The van der Waals surface area contributed by atoms with Crippen molar-refractivity contribution in [1.29, 1.82) is 0 Å². The Morgan fingerprint density at radius 2 is 1.70 bits per heavy atom. The Labute approximate surface area is 195 Å². The van der Waals surface area contributed by atoms with E-state index in [1.54, 1.807) is 34.6 Å². The normalized spacial score (nSPS) is 14.2. The topological polar surface area (TPSA) is 50.3 Å². The predicted octanol–water partition coefficient (Wildman–Crippen LogP) is 5.91. The molecule has 0 atom stereocenters. The Kier molecular flexibility index (Phi) is 5.54. The lowest BCUT2D eigenvalue weighted by molar-refractivity contribution is -0.133. The average molecular weight is 459 g/mol. The van der Waals surface area contributed by atoms with Crippen LogP contribution in [0.3, 0.4) is 0 Å². The van der Waals surface area contributed by atoms with Gasteiger partial charge in [-0.1, -0.05) is 36.4 Å². The van der Waals surface area contributed by atoms with E-state index in [4.69, 9.17) is 0 Å². The molecule has 5 rings (SSSR count). The lowest BCUT2D eigenvalue weighted by atomic mass is 9.88. The summed E-state index contributed by atoms with van der Waals surface area (Å²) < 4.78 is 16.1. The van der Waals surface area contributed by atoms with Crippen LogP contribution in [0.4, 0.5) is 15.8 Å². The molecule has 1 fully saturated rings. The van der Waals surface area contributed by atoms with E-state index in [2.05, 4.69) is 4.98 Å². The third-order valence-electron chi connectivity index (χ3n) is 6.45. The molecule has 166 valence electrons. The van der Waals surface area contributed by atoms with E-state index in [1.807, 2.05) is 54.9 Å². The summed E-state index contributed by atoms with van der Waals surface area (Å²) in [4.78, 5) is 32.1. The predicted molar refractivity (Wildman–Crippen MR) is 130 cm³/mol. The molecule has 2 heterocycles. The standard InChI is InChI=1S/C27H23FN2O2S/c1-30(23-9-13-29-21-10-14-33-26(21)23)22-8-7-19(15-20(22)28)17-25(32)27(11-12-27)24(31)16-18-5-3-2-4-6-18/h2-10,13-15H,11-12,16-17H2,1H3. The number of carbonyl (C=O) groups excluding carboxylic acids is 2. The van der Waals surface area contributed by atoms with Gasteiger partial charge in [0.15, 0.2) is 11.6 Å². The average Bonchev–Trinajstić information content (AvgIpc) is 3.50. The highest BCUT2D eigenvalue weighted by Gasteiger charge is 2.54. The fourth-order valence-electron chi connectivity index (χ4n) is 4.33. The van der Waals surface area contributed by atoms with Crippen LogP contribution in [0, 0.1) is 11.2 Å². The zero-order valence-electron chi connectivity index (χ0n) is 18.3. The molecule has 0 N–H and O–H groups in total. The van der Waals surface area contributed by atoms with Gasteiger partial charge in [0.05, 0.1) is 27.0 Å². The molecule has 4 nitrogen and oxygen atoms in total. The van der Waals surface area contributed by atoms with Gasteiger partial charge < -0.3 is 4.90 Å². The van der Waals surface area contributed by atoms with Crippen LogP contribution in [0.25, 0.3) is 10.2 Å². The van der Waals surface area contributed by atoms with Crippen molar-refractivity contribution < 1.29 is 14.0 Å². The summed E-state index contributed by atoms with van der Waals surface area (Å²) in [5.41, 5.74) is 2.78. The second-order valence-corrected chi connectivity index (χ2v) is 9.49. The van der Waals surface area contributed by atoms with Gasteiger partial charge in [-0.25, -0.2) is 4.39 Å². The van der Waals surface area contributed by atoms with E-state index >= 15 is 4.39 Å². The summed E-state index contributed by atoms with van der Waals surface area (Å²) in [6, 6.07) is 18.2. The smallest absolute Gasteiger partial charge is 0.150 e. The van der Waals surface area contributed by atoms with Crippen molar-refractivity contribution in [3.05, 3.63) is 89.2 Å². The molecule has 1 saturated carbocycles. The number of hydrogen-bond acceptors (Lipinski definition) is 5. The third-order valence-corrected chi connectivity index (χ3v) is 7.37. The minimum absolute atomic E-state index is 0.0341. The van der Waals surface area contributed by atoms with Crippen molar-refractivity contribution in [2.24, 2.45) is 5.41 Å². The number of aromatic nitrogens is 1. The molecule has 0 radical (unpaired) electrons. The monoisotopic (exact) mass is 458 g/mol. The lowest BCUT2D eigenvalue weighted by Gasteiger charge is -2.21. The van der Waals surface area contributed by atoms with Gasteiger partial charge in [-0.3, -0.25) is 14.6 Å². The SMILES string of the molecule is CN(c1ccc(CC(=O)C2(C(=O)Cc3ccccc3)CC2)cc1F)c1ccnc2ccsc12. The van der Waals surface area contributed by atoms with Gasteiger partial charge in [0, 0.05) is 26.1 Å². The molecule has 2 aromatic carbocycles. The molecule has 0 spiro atoms. The number of carbonyl (C=O) groups is 2. The van der Waals surface area contributed by atoms with Crippen molar-refractivity contribution in [2.75, 3.05) is 11.9 Å².